The third kappa shape index (κ3) is 1.93. The first-order valence-electron chi connectivity index (χ1n) is 4.68. The number of nitrogens with one attached hydrogen (secondary N) is 1. The molecule has 1 atom stereocenters. The lowest BCUT2D eigenvalue weighted by Gasteiger charge is -2.02. The highest BCUT2D eigenvalue weighted by molar-refractivity contribution is 14.1. The molecule has 0 amide bonds. The van der Waals surface area contributed by atoms with Gasteiger partial charge in [0.15, 0.2) is 0 Å². The fourth-order valence-corrected chi connectivity index (χ4v) is 2.17. The van der Waals surface area contributed by atoms with Gasteiger partial charge in [0.25, 0.3) is 0 Å². The molecule has 0 bridgehead atoms. The van der Waals surface area contributed by atoms with E-state index < -0.39 is 0 Å². The number of aromatic nitrogens is 1. The Labute approximate surface area is 97.0 Å². The molecule has 0 saturated carbocycles. The van der Waals surface area contributed by atoms with Gasteiger partial charge in [0.05, 0.1) is 0 Å². The molecule has 0 radical (unpaired) electrons. The smallest absolute Gasteiger partial charge is 0.0467 e. The van der Waals surface area contributed by atoms with Crippen molar-refractivity contribution in [2.24, 2.45) is 5.73 Å². The lowest BCUT2D eigenvalue weighted by atomic mass is 10.1. The summed E-state index contributed by atoms with van der Waals surface area (Å²) in [4.78, 5) is 3.27. The molecule has 3 heteroatoms. The third-order valence-electron chi connectivity index (χ3n) is 2.27. The molecule has 1 unspecified atom stereocenters. The summed E-state index contributed by atoms with van der Waals surface area (Å²) in [5.41, 5.74) is 8.30. The van der Waals surface area contributed by atoms with E-state index in [9.17, 15) is 0 Å². The predicted molar refractivity (Wildman–Crippen MR) is 68.4 cm³/mol. The Hall–Kier alpha value is -0.550. The lowest BCUT2D eigenvalue weighted by Crippen LogP contribution is -2.17. The van der Waals surface area contributed by atoms with Crippen LogP contribution in [0.15, 0.2) is 24.4 Å². The van der Waals surface area contributed by atoms with E-state index >= 15 is 0 Å². The van der Waals surface area contributed by atoms with E-state index in [1.165, 1.54) is 20.0 Å². The van der Waals surface area contributed by atoms with Crippen LogP contribution < -0.4 is 5.73 Å². The number of halogens is 1. The van der Waals surface area contributed by atoms with Crippen molar-refractivity contribution in [1.29, 1.82) is 0 Å². The second kappa shape index (κ2) is 3.90. The van der Waals surface area contributed by atoms with Gasteiger partial charge in [-0.1, -0.05) is 6.07 Å². The van der Waals surface area contributed by atoms with E-state index in [2.05, 4.69) is 52.0 Å². The molecule has 14 heavy (non-hydrogen) atoms. The van der Waals surface area contributed by atoms with Gasteiger partial charge in [0.2, 0.25) is 0 Å². The molecule has 0 aliphatic carbocycles. The fourth-order valence-electron chi connectivity index (χ4n) is 1.67. The zero-order chi connectivity index (χ0) is 10.1. The zero-order valence-corrected chi connectivity index (χ0v) is 10.2. The minimum atomic E-state index is 0.216. The highest BCUT2D eigenvalue weighted by Crippen LogP contribution is 2.21. The van der Waals surface area contributed by atoms with Gasteiger partial charge in [-0.2, -0.15) is 0 Å². The maximum atomic E-state index is 5.79. The molecule has 0 fully saturated rings. The van der Waals surface area contributed by atoms with Gasteiger partial charge in [0, 0.05) is 26.7 Å². The van der Waals surface area contributed by atoms with E-state index in [0.717, 1.165) is 6.42 Å². The Balaban J connectivity index is 2.47. The van der Waals surface area contributed by atoms with Crippen molar-refractivity contribution in [1.82, 2.24) is 4.98 Å². The Morgan fingerprint density at radius 2 is 2.29 bits per heavy atom. The van der Waals surface area contributed by atoms with Gasteiger partial charge < -0.3 is 10.7 Å². The molecular formula is C11H13IN2. The molecule has 2 aromatic rings. The van der Waals surface area contributed by atoms with Crippen LogP contribution in [-0.4, -0.2) is 11.0 Å². The number of H-pyrrole nitrogens is 1. The maximum absolute atomic E-state index is 5.79. The minimum Gasteiger partial charge on any atom is -0.361 e. The molecule has 1 aromatic heterocycles. The fraction of sp³-hybridized carbons (Fsp3) is 0.273. The van der Waals surface area contributed by atoms with E-state index in [1.54, 1.807) is 0 Å². The van der Waals surface area contributed by atoms with Crippen LogP contribution in [0.3, 0.4) is 0 Å². The zero-order valence-electron chi connectivity index (χ0n) is 8.05. The number of hydrogen-bond donors (Lipinski definition) is 2. The van der Waals surface area contributed by atoms with Crippen LogP contribution in [-0.2, 0) is 6.42 Å². The predicted octanol–water partition coefficient (Wildman–Crippen LogP) is 2.66. The first-order chi connectivity index (χ1) is 6.66. The van der Waals surface area contributed by atoms with Crippen molar-refractivity contribution >= 4 is 33.5 Å². The largest absolute Gasteiger partial charge is 0.361 e. The SMILES string of the molecule is CC(N)Cc1c[nH]c2cc(I)ccc12. The summed E-state index contributed by atoms with van der Waals surface area (Å²) in [5.74, 6) is 0. The highest BCUT2D eigenvalue weighted by Gasteiger charge is 2.05. The summed E-state index contributed by atoms with van der Waals surface area (Å²) in [6, 6.07) is 6.65. The molecule has 0 saturated heterocycles. The van der Waals surface area contributed by atoms with Crippen molar-refractivity contribution in [3.63, 3.8) is 0 Å². The molecule has 3 N–H and O–H groups in total. The van der Waals surface area contributed by atoms with Crippen molar-refractivity contribution in [3.05, 3.63) is 33.5 Å². The second-order valence-corrected chi connectivity index (χ2v) is 4.93. The summed E-state index contributed by atoms with van der Waals surface area (Å²) in [5, 5.41) is 1.29. The van der Waals surface area contributed by atoms with Gasteiger partial charge in [-0.3, -0.25) is 0 Å². The van der Waals surface area contributed by atoms with E-state index in [-0.39, 0.29) is 6.04 Å². The summed E-state index contributed by atoms with van der Waals surface area (Å²) < 4.78 is 1.25. The minimum absolute atomic E-state index is 0.216. The molecule has 1 heterocycles. The average molecular weight is 300 g/mol. The maximum Gasteiger partial charge on any atom is 0.0467 e. The monoisotopic (exact) mass is 300 g/mol. The Bertz CT molecular complexity index is 445. The van der Waals surface area contributed by atoms with Gasteiger partial charge in [0.1, 0.15) is 0 Å². The number of benzene rings is 1. The molecule has 2 rings (SSSR count). The molecule has 74 valence electrons. The van der Waals surface area contributed by atoms with Gasteiger partial charge in [-0.05, 0) is 53.6 Å². The molecule has 2 nitrogen and oxygen atoms in total. The molecule has 0 aliphatic rings. The Morgan fingerprint density at radius 1 is 1.50 bits per heavy atom. The Kier molecular flexibility index (Phi) is 2.78. The summed E-state index contributed by atoms with van der Waals surface area (Å²) >= 11 is 2.32. The van der Waals surface area contributed by atoms with Crippen LogP contribution in [0.5, 0.6) is 0 Å². The first-order valence-corrected chi connectivity index (χ1v) is 5.76. The van der Waals surface area contributed by atoms with Crippen LogP contribution in [0.1, 0.15) is 12.5 Å². The standard InChI is InChI=1S/C11H13IN2/c1-7(13)4-8-6-14-11-5-9(12)2-3-10(8)11/h2-3,5-7,14H,4,13H2,1H3. The highest BCUT2D eigenvalue weighted by atomic mass is 127. The van der Waals surface area contributed by atoms with Crippen molar-refractivity contribution < 1.29 is 0 Å². The molecule has 0 spiro atoms. The van der Waals surface area contributed by atoms with Crippen LogP contribution >= 0.6 is 22.6 Å². The van der Waals surface area contributed by atoms with E-state index in [1.807, 2.05) is 6.92 Å². The van der Waals surface area contributed by atoms with Gasteiger partial charge in [-0.15, -0.1) is 0 Å². The lowest BCUT2D eigenvalue weighted by molar-refractivity contribution is 0.741. The van der Waals surface area contributed by atoms with Gasteiger partial charge in [-0.25, -0.2) is 0 Å². The summed E-state index contributed by atoms with van der Waals surface area (Å²) in [6.07, 6.45) is 2.99. The number of fused-ring (bicyclic) bond motifs is 1. The van der Waals surface area contributed by atoms with E-state index in [0.29, 0.717) is 0 Å². The number of aromatic amines is 1. The molecule has 1 aromatic carbocycles. The normalized spacial score (nSPS) is 13.4. The van der Waals surface area contributed by atoms with Crippen molar-refractivity contribution in [2.75, 3.05) is 0 Å². The number of nitrogens with two attached hydrogens (primary N) is 1. The van der Waals surface area contributed by atoms with Gasteiger partial charge >= 0.3 is 0 Å². The molecular weight excluding hydrogens is 287 g/mol. The summed E-state index contributed by atoms with van der Waals surface area (Å²) in [6.45, 7) is 2.03. The number of rotatable bonds is 2. The van der Waals surface area contributed by atoms with Crippen molar-refractivity contribution in [2.45, 2.75) is 19.4 Å². The van der Waals surface area contributed by atoms with Crippen LogP contribution in [0.25, 0.3) is 10.9 Å². The second-order valence-electron chi connectivity index (χ2n) is 3.69. The quantitative estimate of drug-likeness (QED) is 0.823. The van der Waals surface area contributed by atoms with Crippen LogP contribution in [0.2, 0.25) is 0 Å². The van der Waals surface area contributed by atoms with Crippen molar-refractivity contribution in [3.8, 4) is 0 Å². The third-order valence-corrected chi connectivity index (χ3v) is 2.94. The van der Waals surface area contributed by atoms with Crippen LogP contribution in [0, 0.1) is 3.57 Å². The summed E-state index contributed by atoms with van der Waals surface area (Å²) in [7, 11) is 0. The van der Waals surface area contributed by atoms with E-state index in [4.69, 9.17) is 5.73 Å². The topological polar surface area (TPSA) is 41.8 Å². The average Bonchev–Trinajstić information content (AvgIpc) is 2.47. The number of hydrogen-bond acceptors (Lipinski definition) is 1. The Morgan fingerprint density at radius 3 is 3.00 bits per heavy atom. The van der Waals surface area contributed by atoms with Crippen LogP contribution in [0.4, 0.5) is 0 Å². The first kappa shape index (κ1) is 9.98. The molecule has 0 aliphatic heterocycles.